The van der Waals surface area contributed by atoms with Crippen molar-refractivity contribution in [3.05, 3.63) is 29.8 Å². The van der Waals surface area contributed by atoms with E-state index in [0.717, 1.165) is 24.4 Å². The minimum atomic E-state index is 0.0639. The summed E-state index contributed by atoms with van der Waals surface area (Å²) >= 11 is 0. The molecule has 1 aromatic carbocycles. The molecule has 1 heterocycles. The first-order valence-electron chi connectivity index (χ1n) is 7.89. The Kier molecular flexibility index (Phi) is 6.05. The summed E-state index contributed by atoms with van der Waals surface area (Å²) in [5, 5.41) is 3.00. The van der Waals surface area contributed by atoms with Gasteiger partial charge in [0.05, 0.1) is 12.5 Å². The molecule has 1 amide bonds. The van der Waals surface area contributed by atoms with Crippen LogP contribution in [0, 0.1) is 0 Å². The lowest BCUT2D eigenvalue weighted by Gasteiger charge is -2.16. The lowest BCUT2D eigenvalue weighted by Crippen LogP contribution is -2.34. The zero-order valence-electron chi connectivity index (χ0n) is 13.1. The summed E-state index contributed by atoms with van der Waals surface area (Å²) in [6.07, 6.45) is 3.06. The molecule has 1 aromatic rings. The molecule has 0 unspecified atom stereocenters. The highest BCUT2D eigenvalue weighted by atomic mass is 16.5. The Labute approximate surface area is 127 Å². The van der Waals surface area contributed by atoms with Crippen molar-refractivity contribution < 1.29 is 9.53 Å². The van der Waals surface area contributed by atoms with Crippen LogP contribution in [0.2, 0.25) is 0 Å². The quantitative estimate of drug-likeness (QED) is 0.837. The Balaban J connectivity index is 1.78. The summed E-state index contributed by atoms with van der Waals surface area (Å²) in [5.74, 6) is 0.871. The van der Waals surface area contributed by atoms with Gasteiger partial charge in [0.25, 0.3) is 0 Å². The maximum absolute atomic E-state index is 12.0. The number of rotatable bonds is 7. The summed E-state index contributed by atoms with van der Waals surface area (Å²) in [7, 11) is 0. The van der Waals surface area contributed by atoms with E-state index in [1.54, 1.807) is 0 Å². The van der Waals surface area contributed by atoms with Gasteiger partial charge in [0, 0.05) is 18.7 Å². The van der Waals surface area contributed by atoms with Crippen molar-refractivity contribution in [3.63, 3.8) is 0 Å². The third kappa shape index (κ3) is 5.38. The molecule has 1 saturated heterocycles. The van der Waals surface area contributed by atoms with Gasteiger partial charge in [0.1, 0.15) is 5.75 Å². The molecule has 0 spiro atoms. The van der Waals surface area contributed by atoms with Crippen LogP contribution in [0.1, 0.15) is 32.3 Å². The molecule has 4 nitrogen and oxygen atoms in total. The average Bonchev–Trinajstić information content (AvgIpc) is 2.93. The largest absolute Gasteiger partial charge is 0.491 e. The molecule has 1 aliphatic rings. The third-order valence-electron chi connectivity index (χ3n) is 3.64. The van der Waals surface area contributed by atoms with Gasteiger partial charge in [-0.25, -0.2) is 0 Å². The summed E-state index contributed by atoms with van der Waals surface area (Å²) < 4.78 is 5.74. The number of benzene rings is 1. The fraction of sp³-hybridized carbons (Fsp3) is 0.588. The van der Waals surface area contributed by atoms with Crippen LogP contribution in [0.5, 0.6) is 5.75 Å². The fourth-order valence-corrected chi connectivity index (χ4v) is 2.61. The minimum Gasteiger partial charge on any atom is -0.491 e. The molecule has 116 valence electrons. The van der Waals surface area contributed by atoms with Gasteiger partial charge in [-0.1, -0.05) is 18.2 Å². The first-order valence-corrected chi connectivity index (χ1v) is 7.89. The predicted molar refractivity (Wildman–Crippen MR) is 84.6 cm³/mol. The van der Waals surface area contributed by atoms with Crippen molar-refractivity contribution in [1.29, 1.82) is 0 Å². The van der Waals surface area contributed by atoms with E-state index in [0.29, 0.717) is 6.42 Å². The molecule has 0 atom stereocenters. The van der Waals surface area contributed by atoms with Crippen LogP contribution in [0.4, 0.5) is 0 Å². The van der Waals surface area contributed by atoms with Gasteiger partial charge in [0.15, 0.2) is 0 Å². The molecule has 1 N–H and O–H groups in total. The maximum Gasteiger partial charge on any atom is 0.224 e. The molecule has 0 aliphatic carbocycles. The van der Waals surface area contributed by atoms with Gasteiger partial charge in [-0.2, -0.15) is 0 Å². The zero-order valence-corrected chi connectivity index (χ0v) is 13.1. The van der Waals surface area contributed by atoms with Crippen LogP contribution in [-0.4, -0.2) is 43.1 Å². The molecular weight excluding hydrogens is 264 g/mol. The van der Waals surface area contributed by atoms with Crippen LogP contribution in [0.25, 0.3) is 0 Å². The SMILES string of the molecule is CC(C)Oc1ccccc1CC(=O)NCCN1CCCC1. The Hall–Kier alpha value is -1.55. The second-order valence-corrected chi connectivity index (χ2v) is 5.85. The van der Waals surface area contributed by atoms with E-state index in [-0.39, 0.29) is 12.0 Å². The normalized spacial score (nSPS) is 15.4. The topological polar surface area (TPSA) is 41.6 Å². The van der Waals surface area contributed by atoms with Crippen LogP contribution in [0.15, 0.2) is 24.3 Å². The molecule has 4 heteroatoms. The second-order valence-electron chi connectivity index (χ2n) is 5.85. The average molecular weight is 290 g/mol. The number of ether oxygens (including phenoxy) is 1. The lowest BCUT2D eigenvalue weighted by molar-refractivity contribution is -0.120. The predicted octanol–water partition coefficient (Wildman–Crippen LogP) is 2.23. The van der Waals surface area contributed by atoms with Gasteiger partial charge in [0.2, 0.25) is 5.91 Å². The summed E-state index contributed by atoms with van der Waals surface area (Å²) in [6.45, 7) is 8.00. The van der Waals surface area contributed by atoms with E-state index in [1.807, 2.05) is 38.1 Å². The highest BCUT2D eigenvalue weighted by molar-refractivity contribution is 5.79. The van der Waals surface area contributed by atoms with Crippen LogP contribution >= 0.6 is 0 Å². The van der Waals surface area contributed by atoms with E-state index in [2.05, 4.69) is 10.2 Å². The Morgan fingerprint density at radius 1 is 1.29 bits per heavy atom. The van der Waals surface area contributed by atoms with Gasteiger partial charge >= 0.3 is 0 Å². The highest BCUT2D eigenvalue weighted by Gasteiger charge is 2.12. The number of amides is 1. The summed E-state index contributed by atoms with van der Waals surface area (Å²) in [5.41, 5.74) is 0.949. The van der Waals surface area contributed by atoms with E-state index >= 15 is 0 Å². The van der Waals surface area contributed by atoms with Crippen LogP contribution in [0.3, 0.4) is 0 Å². The summed E-state index contributed by atoms with van der Waals surface area (Å²) in [6, 6.07) is 7.76. The van der Waals surface area contributed by atoms with Crippen molar-refractivity contribution in [2.45, 2.75) is 39.2 Å². The van der Waals surface area contributed by atoms with E-state index in [9.17, 15) is 4.79 Å². The van der Waals surface area contributed by atoms with E-state index < -0.39 is 0 Å². The highest BCUT2D eigenvalue weighted by Crippen LogP contribution is 2.19. The van der Waals surface area contributed by atoms with E-state index in [4.69, 9.17) is 4.74 Å². The number of carbonyl (C=O) groups excluding carboxylic acids is 1. The second kappa shape index (κ2) is 8.03. The number of likely N-dealkylation sites (tertiary alicyclic amines) is 1. The fourth-order valence-electron chi connectivity index (χ4n) is 2.61. The number of hydrogen-bond acceptors (Lipinski definition) is 3. The standard InChI is InChI=1S/C17H26N2O2/c1-14(2)21-16-8-4-3-7-15(16)13-17(20)18-9-12-19-10-5-6-11-19/h3-4,7-8,14H,5-6,9-13H2,1-2H3,(H,18,20). The minimum absolute atomic E-state index is 0.0639. The summed E-state index contributed by atoms with van der Waals surface area (Å²) in [4.78, 5) is 14.4. The first kappa shape index (κ1) is 15.8. The van der Waals surface area contributed by atoms with Crippen molar-refractivity contribution in [3.8, 4) is 5.75 Å². The van der Waals surface area contributed by atoms with Gasteiger partial charge in [-0.05, 0) is 45.8 Å². The number of hydrogen-bond donors (Lipinski definition) is 1. The van der Waals surface area contributed by atoms with Gasteiger partial charge < -0.3 is 15.0 Å². The molecule has 1 fully saturated rings. The molecule has 0 radical (unpaired) electrons. The number of para-hydroxylation sites is 1. The molecule has 0 bridgehead atoms. The molecule has 2 rings (SSSR count). The Bertz CT molecular complexity index is 454. The molecule has 0 saturated carbocycles. The van der Waals surface area contributed by atoms with Crippen molar-refractivity contribution in [2.75, 3.05) is 26.2 Å². The maximum atomic E-state index is 12.0. The third-order valence-corrected chi connectivity index (χ3v) is 3.64. The van der Waals surface area contributed by atoms with Crippen molar-refractivity contribution in [2.24, 2.45) is 0 Å². The monoisotopic (exact) mass is 290 g/mol. The lowest BCUT2D eigenvalue weighted by atomic mass is 10.1. The van der Waals surface area contributed by atoms with Crippen molar-refractivity contribution >= 4 is 5.91 Å². The molecule has 0 aromatic heterocycles. The number of carbonyl (C=O) groups is 1. The van der Waals surface area contributed by atoms with E-state index in [1.165, 1.54) is 25.9 Å². The Morgan fingerprint density at radius 2 is 2.00 bits per heavy atom. The number of nitrogens with zero attached hydrogens (tertiary/aromatic N) is 1. The van der Waals surface area contributed by atoms with Crippen LogP contribution < -0.4 is 10.1 Å². The Morgan fingerprint density at radius 3 is 2.71 bits per heavy atom. The molecule has 21 heavy (non-hydrogen) atoms. The molecular formula is C17H26N2O2. The van der Waals surface area contributed by atoms with Crippen LogP contribution in [-0.2, 0) is 11.2 Å². The smallest absolute Gasteiger partial charge is 0.224 e. The first-order chi connectivity index (χ1) is 10.1. The van der Waals surface area contributed by atoms with Gasteiger partial charge in [-0.15, -0.1) is 0 Å². The number of nitrogens with one attached hydrogen (secondary N) is 1. The van der Waals surface area contributed by atoms with Crippen molar-refractivity contribution in [1.82, 2.24) is 10.2 Å². The molecule has 1 aliphatic heterocycles. The van der Waals surface area contributed by atoms with Gasteiger partial charge in [-0.3, -0.25) is 4.79 Å². The zero-order chi connectivity index (χ0) is 15.1.